The molecule has 1 aliphatic carbocycles. The molecular weight excluding hydrogens is 266 g/mol. The third-order valence-corrected chi connectivity index (χ3v) is 3.99. The molecule has 1 aromatic carbocycles. The Hall–Kier alpha value is -2.20. The van der Waals surface area contributed by atoms with Crippen molar-refractivity contribution in [2.75, 3.05) is 7.11 Å². The quantitative estimate of drug-likeness (QED) is 0.804. The standard InChI is InChI=1S/C17H17NO3/c1-21-13-8-6-11-4-2-3-5-14(11)15-10-12(7-9-13)16(19)18-17(15)20/h2-6,8,10,12-13H,7,9H2,1H3,(H,18,19,20)/b8-6+/t12-,13?/m0/s1. The zero-order valence-electron chi connectivity index (χ0n) is 11.8. The van der Waals surface area contributed by atoms with Gasteiger partial charge in [-0.1, -0.05) is 42.5 Å². The minimum absolute atomic E-state index is 0.0292. The van der Waals surface area contributed by atoms with Crippen LogP contribution in [0.5, 0.6) is 0 Å². The number of amides is 2. The SMILES string of the molecule is COC1/C=C/c2ccccc2C2=C[C@H](CC1)C(=O)NC2=O. The lowest BCUT2D eigenvalue weighted by atomic mass is 9.88. The zero-order valence-corrected chi connectivity index (χ0v) is 11.8. The first kappa shape index (κ1) is 13.8. The number of hydrogen-bond acceptors (Lipinski definition) is 3. The Kier molecular flexibility index (Phi) is 3.71. The van der Waals surface area contributed by atoms with E-state index < -0.39 is 0 Å². The lowest BCUT2D eigenvalue weighted by Gasteiger charge is -2.23. The van der Waals surface area contributed by atoms with E-state index in [4.69, 9.17) is 4.74 Å². The Morgan fingerprint density at radius 3 is 2.81 bits per heavy atom. The normalized spacial score (nSPS) is 26.4. The Morgan fingerprint density at radius 2 is 2.00 bits per heavy atom. The number of methoxy groups -OCH3 is 1. The predicted octanol–water partition coefficient (Wildman–Crippen LogP) is 2.16. The van der Waals surface area contributed by atoms with Gasteiger partial charge in [-0.2, -0.15) is 0 Å². The second-order valence-electron chi connectivity index (χ2n) is 5.30. The summed E-state index contributed by atoms with van der Waals surface area (Å²) < 4.78 is 5.43. The van der Waals surface area contributed by atoms with Gasteiger partial charge >= 0.3 is 0 Å². The number of ether oxygens (including phenoxy) is 1. The van der Waals surface area contributed by atoms with E-state index in [-0.39, 0.29) is 23.8 Å². The molecule has 21 heavy (non-hydrogen) atoms. The van der Waals surface area contributed by atoms with Crippen molar-refractivity contribution < 1.29 is 14.3 Å². The lowest BCUT2D eigenvalue weighted by molar-refractivity contribution is -0.130. The van der Waals surface area contributed by atoms with Crippen molar-refractivity contribution >= 4 is 23.5 Å². The second kappa shape index (κ2) is 5.66. The van der Waals surface area contributed by atoms with Crippen LogP contribution in [0.15, 0.2) is 36.4 Å². The summed E-state index contributed by atoms with van der Waals surface area (Å²) in [5.74, 6) is -0.823. The first-order valence-corrected chi connectivity index (χ1v) is 7.06. The van der Waals surface area contributed by atoms with Gasteiger partial charge in [0, 0.05) is 12.7 Å². The van der Waals surface area contributed by atoms with Crippen molar-refractivity contribution in [3.63, 3.8) is 0 Å². The molecule has 0 spiro atoms. The maximum absolute atomic E-state index is 12.1. The highest BCUT2D eigenvalue weighted by atomic mass is 16.5. The Bertz CT molecular complexity index is 645. The van der Waals surface area contributed by atoms with Crippen LogP contribution in [0.2, 0.25) is 0 Å². The molecule has 3 rings (SSSR count). The van der Waals surface area contributed by atoms with E-state index >= 15 is 0 Å². The third-order valence-electron chi connectivity index (χ3n) is 3.99. The number of fused-ring (bicyclic) bond motifs is 3. The third kappa shape index (κ3) is 2.67. The molecule has 2 amide bonds. The molecular formula is C17H17NO3. The van der Waals surface area contributed by atoms with Gasteiger partial charge < -0.3 is 4.74 Å². The molecule has 2 bridgehead atoms. The van der Waals surface area contributed by atoms with Crippen LogP contribution in [0, 0.1) is 5.92 Å². The smallest absolute Gasteiger partial charge is 0.258 e. The summed E-state index contributed by atoms with van der Waals surface area (Å²) in [5, 5.41) is 2.46. The molecule has 2 aliphatic rings. The van der Waals surface area contributed by atoms with Crippen LogP contribution >= 0.6 is 0 Å². The molecule has 1 unspecified atom stereocenters. The molecule has 0 fully saturated rings. The minimum Gasteiger partial charge on any atom is -0.377 e. The van der Waals surface area contributed by atoms with Gasteiger partial charge in [0.05, 0.1) is 12.0 Å². The summed E-state index contributed by atoms with van der Waals surface area (Å²) in [6.07, 6.45) is 7.14. The van der Waals surface area contributed by atoms with Gasteiger partial charge in [0.25, 0.3) is 5.91 Å². The first-order chi connectivity index (χ1) is 10.2. The molecule has 0 saturated carbocycles. The molecule has 0 saturated heterocycles. The van der Waals surface area contributed by atoms with E-state index in [0.717, 1.165) is 17.5 Å². The van der Waals surface area contributed by atoms with E-state index in [1.54, 1.807) is 13.2 Å². The molecule has 4 heteroatoms. The van der Waals surface area contributed by atoms with Crippen molar-refractivity contribution in [2.45, 2.75) is 18.9 Å². The van der Waals surface area contributed by atoms with E-state index in [1.165, 1.54) is 0 Å². The number of hydrogen-bond donors (Lipinski definition) is 1. The van der Waals surface area contributed by atoms with Gasteiger partial charge in [0.15, 0.2) is 0 Å². The van der Waals surface area contributed by atoms with E-state index in [9.17, 15) is 9.59 Å². The summed E-state index contributed by atoms with van der Waals surface area (Å²) in [7, 11) is 1.67. The highest BCUT2D eigenvalue weighted by Gasteiger charge is 2.29. The van der Waals surface area contributed by atoms with Gasteiger partial charge in [0.1, 0.15) is 0 Å². The number of nitrogens with one attached hydrogen (secondary N) is 1. The van der Waals surface area contributed by atoms with Crippen LogP contribution in [0.4, 0.5) is 0 Å². The average Bonchev–Trinajstić information content (AvgIpc) is 2.50. The van der Waals surface area contributed by atoms with Gasteiger partial charge in [-0.25, -0.2) is 0 Å². The highest BCUT2D eigenvalue weighted by Crippen LogP contribution is 2.29. The van der Waals surface area contributed by atoms with Crippen molar-refractivity contribution in [1.29, 1.82) is 0 Å². The van der Waals surface area contributed by atoms with Gasteiger partial charge in [-0.05, 0) is 24.0 Å². The van der Waals surface area contributed by atoms with Crippen molar-refractivity contribution in [3.8, 4) is 0 Å². The molecule has 108 valence electrons. The molecule has 1 aromatic rings. The van der Waals surface area contributed by atoms with Gasteiger partial charge in [-0.15, -0.1) is 0 Å². The number of carbonyl (C=O) groups is 2. The Morgan fingerprint density at radius 1 is 1.19 bits per heavy atom. The van der Waals surface area contributed by atoms with Gasteiger partial charge in [0.2, 0.25) is 5.91 Å². The fourth-order valence-electron chi connectivity index (χ4n) is 2.79. The summed E-state index contributed by atoms with van der Waals surface area (Å²) in [6, 6.07) is 7.69. The maximum Gasteiger partial charge on any atom is 0.258 e. The first-order valence-electron chi connectivity index (χ1n) is 7.06. The molecule has 1 N–H and O–H groups in total. The van der Waals surface area contributed by atoms with E-state index in [1.807, 2.05) is 36.4 Å². The molecule has 1 aliphatic heterocycles. The number of imide groups is 1. The van der Waals surface area contributed by atoms with E-state index in [2.05, 4.69) is 5.32 Å². The fraction of sp³-hybridized carbons (Fsp3) is 0.294. The van der Waals surface area contributed by atoms with Crippen molar-refractivity contribution in [1.82, 2.24) is 5.32 Å². The average molecular weight is 283 g/mol. The van der Waals surface area contributed by atoms with Crippen LogP contribution in [0.3, 0.4) is 0 Å². The Balaban J connectivity index is 2.13. The molecule has 2 atom stereocenters. The van der Waals surface area contributed by atoms with E-state index in [0.29, 0.717) is 12.0 Å². The van der Waals surface area contributed by atoms with Crippen LogP contribution in [-0.4, -0.2) is 25.0 Å². The highest BCUT2D eigenvalue weighted by molar-refractivity contribution is 6.27. The van der Waals surface area contributed by atoms with Crippen molar-refractivity contribution in [2.24, 2.45) is 5.92 Å². The van der Waals surface area contributed by atoms with Crippen molar-refractivity contribution in [3.05, 3.63) is 47.5 Å². The molecule has 0 radical (unpaired) electrons. The second-order valence-corrected chi connectivity index (χ2v) is 5.30. The summed E-state index contributed by atoms with van der Waals surface area (Å²) in [5.41, 5.74) is 2.38. The lowest BCUT2D eigenvalue weighted by Crippen LogP contribution is -2.40. The topological polar surface area (TPSA) is 55.4 Å². The summed E-state index contributed by atoms with van der Waals surface area (Å²) >= 11 is 0. The number of benzene rings is 1. The minimum atomic E-state index is -0.319. The molecule has 4 nitrogen and oxygen atoms in total. The zero-order chi connectivity index (χ0) is 14.8. The molecule has 1 heterocycles. The van der Waals surface area contributed by atoms with Crippen LogP contribution in [0.25, 0.3) is 11.6 Å². The summed E-state index contributed by atoms with van der Waals surface area (Å²) in [6.45, 7) is 0. The number of rotatable bonds is 1. The van der Waals surface area contributed by atoms with Gasteiger partial charge in [-0.3, -0.25) is 14.9 Å². The van der Waals surface area contributed by atoms with Crippen LogP contribution in [0.1, 0.15) is 24.0 Å². The summed E-state index contributed by atoms with van der Waals surface area (Å²) in [4.78, 5) is 24.1. The maximum atomic E-state index is 12.1. The van der Waals surface area contributed by atoms with Crippen LogP contribution in [-0.2, 0) is 14.3 Å². The molecule has 0 aromatic heterocycles. The predicted molar refractivity (Wildman–Crippen MR) is 80.1 cm³/mol. The fourth-order valence-corrected chi connectivity index (χ4v) is 2.79. The monoisotopic (exact) mass is 283 g/mol. The number of carbonyl (C=O) groups excluding carboxylic acids is 2. The largest absolute Gasteiger partial charge is 0.377 e. The van der Waals surface area contributed by atoms with Crippen LogP contribution < -0.4 is 5.32 Å². The Labute approximate surface area is 123 Å².